The molecule has 0 spiro atoms. The lowest BCUT2D eigenvalue weighted by Gasteiger charge is -2.31. The molecule has 10 heteroatoms. The molecule has 1 aliphatic rings. The van der Waals surface area contributed by atoms with Gasteiger partial charge in [-0.1, -0.05) is 6.07 Å². The molecule has 0 unspecified atom stereocenters. The number of nitrogens with one attached hydrogen (secondary N) is 2. The van der Waals surface area contributed by atoms with Gasteiger partial charge in [0.1, 0.15) is 11.4 Å². The molecule has 1 aliphatic heterocycles. The predicted octanol–water partition coefficient (Wildman–Crippen LogP) is 2.28. The molecule has 0 aliphatic carbocycles. The number of nitrogens with zero attached hydrogens (tertiary/aromatic N) is 5. The zero-order valence-electron chi connectivity index (χ0n) is 14.7. The van der Waals surface area contributed by atoms with E-state index in [4.69, 9.17) is 0 Å². The third-order valence-electron chi connectivity index (χ3n) is 4.31. The molecule has 3 heterocycles. The fourth-order valence-corrected chi connectivity index (χ4v) is 2.99. The van der Waals surface area contributed by atoms with Crippen LogP contribution in [0.5, 0.6) is 5.75 Å². The van der Waals surface area contributed by atoms with Crippen LogP contribution in [-0.2, 0) is 0 Å². The monoisotopic (exact) mass is 409 g/mol. The standard InChI is InChI=1S/C17H19N7O.2ClH/c1-11-10-24(5-4-18-11)17-19-9-15(22-23-17)14-3-2-12(6-16(14)25)13-7-20-21-8-13;;/h2-3,6-9,11,18,25H,4-5,10H2,1H3,(H,20,21);2*1H/t11-;;/m0../s1. The number of benzene rings is 1. The highest BCUT2D eigenvalue weighted by Gasteiger charge is 2.18. The molecule has 4 rings (SSSR count). The summed E-state index contributed by atoms with van der Waals surface area (Å²) in [7, 11) is 0. The summed E-state index contributed by atoms with van der Waals surface area (Å²) < 4.78 is 0. The molecule has 1 fully saturated rings. The summed E-state index contributed by atoms with van der Waals surface area (Å²) in [6, 6.07) is 5.81. The Bertz CT molecular complexity index is 858. The number of piperazine rings is 1. The summed E-state index contributed by atoms with van der Waals surface area (Å²) in [5, 5.41) is 28.9. The van der Waals surface area contributed by atoms with Crippen LogP contribution in [0.1, 0.15) is 6.92 Å². The maximum Gasteiger partial charge on any atom is 0.245 e. The summed E-state index contributed by atoms with van der Waals surface area (Å²) >= 11 is 0. The second-order valence-electron chi connectivity index (χ2n) is 6.16. The molecular weight excluding hydrogens is 389 g/mol. The van der Waals surface area contributed by atoms with Gasteiger partial charge in [-0.2, -0.15) is 5.10 Å². The number of anilines is 1. The number of rotatable bonds is 3. The number of phenolic OH excluding ortho intramolecular Hbond substituents is 1. The second-order valence-corrected chi connectivity index (χ2v) is 6.16. The van der Waals surface area contributed by atoms with Crippen molar-refractivity contribution in [1.29, 1.82) is 0 Å². The largest absolute Gasteiger partial charge is 0.507 e. The Labute approximate surface area is 169 Å². The SMILES string of the molecule is C[C@H]1CN(c2ncc(-c3ccc(-c4cn[nH]c4)cc3O)nn2)CCN1.Cl.Cl. The van der Waals surface area contributed by atoms with Gasteiger partial charge in [0.15, 0.2) is 0 Å². The van der Waals surface area contributed by atoms with Crippen molar-refractivity contribution in [2.45, 2.75) is 13.0 Å². The summed E-state index contributed by atoms with van der Waals surface area (Å²) in [5.41, 5.74) is 2.94. The fraction of sp³-hybridized carbons (Fsp3) is 0.294. The number of hydrogen-bond acceptors (Lipinski definition) is 7. The van der Waals surface area contributed by atoms with Crippen molar-refractivity contribution >= 4 is 30.8 Å². The van der Waals surface area contributed by atoms with E-state index in [2.05, 4.69) is 42.5 Å². The number of H-pyrrole nitrogens is 1. The number of aromatic nitrogens is 5. The van der Waals surface area contributed by atoms with Crippen LogP contribution in [0.2, 0.25) is 0 Å². The van der Waals surface area contributed by atoms with Gasteiger partial charge < -0.3 is 15.3 Å². The number of phenols is 1. The van der Waals surface area contributed by atoms with E-state index in [1.54, 1.807) is 24.7 Å². The molecular formula is C17H21Cl2N7O. The van der Waals surface area contributed by atoms with Crippen LogP contribution in [0.15, 0.2) is 36.8 Å². The van der Waals surface area contributed by atoms with Gasteiger partial charge >= 0.3 is 0 Å². The first-order valence-electron chi connectivity index (χ1n) is 8.21. The zero-order valence-corrected chi connectivity index (χ0v) is 16.3. The van der Waals surface area contributed by atoms with Crippen LogP contribution in [0.3, 0.4) is 0 Å². The molecule has 0 amide bonds. The third-order valence-corrected chi connectivity index (χ3v) is 4.31. The van der Waals surface area contributed by atoms with Crippen LogP contribution in [0, 0.1) is 0 Å². The molecule has 1 atom stereocenters. The average molecular weight is 410 g/mol. The highest BCUT2D eigenvalue weighted by atomic mass is 35.5. The molecule has 1 aromatic carbocycles. The minimum absolute atomic E-state index is 0. The highest BCUT2D eigenvalue weighted by Crippen LogP contribution is 2.31. The lowest BCUT2D eigenvalue weighted by molar-refractivity contribution is 0.476. The van der Waals surface area contributed by atoms with E-state index in [0.29, 0.717) is 23.2 Å². The third kappa shape index (κ3) is 4.47. The van der Waals surface area contributed by atoms with Crippen LogP contribution in [0.25, 0.3) is 22.4 Å². The average Bonchev–Trinajstić information content (AvgIpc) is 3.17. The van der Waals surface area contributed by atoms with Gasteiger partial charge in [0, 0.05) is 43.0 Å². The highest BCUT2D eigenvalue weighted by molar-refractivity contribution is 5.85. The van der Waals surface area contributed by atoms with Gasteiger partial charge in [0.25, 0.3) is 0 Å². The first-order chi connectivity index (χ1) is 12.2. The first kappa shape index (κ1) is 20.9. The second kappa shape index (κ2) is 8.98. The molecule has 3 N–H and O–H groups in total. The summed E-state index contributed by atoms with van der Waals surface area (Å²) in [6.45, 7) is 4.75. The van der Waals surface area contributed by atoms with E-state index in [-0.39, 0.29) is 30.6 Å². The molecule has 3 aromatic rings. The van der Waals surface area contributed by atoms with Crippen LogP contribution >= 0.6 is 24.8 Å². The Balaban J connectivity index is 0.00000131. The quantitative estimate of drug-likeness (QED) is 0.609. The maximum absolute atomic E-state index is 10.4. The maximum atomic E-state index is 10.4. The molecule has 0 saturated carbocycles. The smallest absolute Gasteiger partial charge is 0.245 e. The van der Waals surface area contributed by atoms with E-state index in [9.17, 15) is 5.11 Å². The number of hydrogen-bond donors (Lipinski definition) is 3. The Hall–Kier alpha value is -2.42. The van der Waals surface area contributed by atoms with Gasteiger partial charge in [-0.3, -0.25) is 5.10 Å². The fourth-order valence-electron chi connectivity index (χ4n) is 2.99. The van der Waals surface area contributed by atoms with E-state index in [1.807, 2.05) is 12.1 Å². The van der Waals surface area contributed by atoms with Crippen LogP contribution in [-0.4, -0.2) is 56.2 Å². The summed E-state index contributed by atoms with van der Waals surface area (Å²) in [4.78, 5) is 6.54. The molecule has 27 heavy (non-hydrogen) atoms. The van der Waals surface area contributed by atoms with Crippen LogP contribution in [0.4, 0.5) is 5.95 Å². The van der Waals surface area contributed by atoms with Crippen LogP contribution < -0.4 is 10.2 Å². The number of aromatic amines is 1. The van der Waals surface area contributed by atoms with E-state index in [0.717, 1.165) is 30.8 Å². The van der Waals surface area contributed by atoms with Gasteiger partial charge in [-0.05, 0) is 24.6 Å². The van der Waals surface area contributed by atoms with Crippen molar-refractivity contribution in [2.24, 2.45) is 0 Å². The van der Waals surface area contributed by atoms with Gasteiger partial charge in [0.2, 0.25) is 5.95 Å². The van der Waals surface area contributed by atoms with E-state index < -0.39 is 0 Å². The van der Waals surface area contributed by atoms with Gasteiger partial charge in [-0.15, -0.1) is 35.0 Å². The number of aromatic hydroxyl groups is 1. The first-order valence-corrected chi connectivity index (χ1v) is 8.21. The Morgan fingerprint density at radius 1 is 1.15 bits per heavy atom. The molecule has 8 nitrogen and oxygen atoms in total. The molecule has 0 bridgehead atoms. The van der Waals surface area contributed by atoms with E-state index >= 15 is 0 Å². The normalized spacial score (nSPS) is 16.3. The summed E-state index contributed by atoms with van der Waals surface area (Å²) in [5.74, 6) is 0.755. The Kier molecular flexibility index (Phi) is 6.95. The minimum Gasteiger partial charge on any atom is -0.507 e. The Morgan fingerprint density at radius 3 is 2.63 bits per heavy atom. The van der Waals surface area contributed by atoms with Crippen molar-refractivity contribution in [2.75, 3.05) is 24.5 Å². The van der Waals surface area contributed by atoms with Crippen molar-refractivity contribution in [3.63, 3.8) is 0 Å². The van der Waals surface area contributed by atoms with Gasteiger partial charge in [0.05, 0.1) is 12.4 Å². The van der Waals surface area contributed by atoms with Crippen molar-refractivity contribution < 1.29 is 5.11 Å². The Morgan fingerprint density at radius 2 is 2.00 bits per heavy atom. The summed E-state index contributed by atoms with van der Waals surface area (Å²) in [6.07, 6.45) is 5.14. The zero-order chi connectivity index (χ0) is 17.2. The molecule has 1 saturated heterocycles. The lowest BCUT2D eigenvalue weighted by atomic mass is 10.0. The molecule has 144 valence electrons. The van der Waals surface area contributed by atoms with Crippen molar-refractivity contribution in [1.82, 2.24) is 30.7 Å². The van der Waals surface area contributed by atoms with Crippen molar-refractivity contribution in [3.05, 3.63) is 36.8 Å². The van der Waals surface area contributed by atoms with Gasteiger partial charge in [-0.25, -0.2) is 4.98 Å². The number of halogens is 2. The topological polar surface area (TPSA) is 103 Å². The predicted molar refractivity (Wildman–Crippen MR) is 109 cm³/mol. The molecule has 2 aromatic heterocycles. The minimum atomic E-state index is 0. The van der Waals surface area contributed by atoms with E-state index in [1.165, 1.54) is 0 Å². The lowest BCUT2D eigenvalue weighted by Crippen LogP contribution is -2.49. The molecule has 0 radical (unpaired) electrons. The van der Waals surface area contributed by atoms with Crippen molar-refractivity contribution in [3.8, 4) is 28.1 Å².